The molecule has 1 heterocycles. The molecule has 1 aliphatic carbocycles. The Balaban J connectivity index is 1.94. The number of nitrogens with one attached hydrogen (secondary N) is 1. The quantitative estimate of drug-likeness (QED) is 0.904. The highest BCUT2D eigenvalue weighted by atomic mass is 16.5. The maximum atomic E-state index is 11.3. The molecule has 1 N–H and O–H groups in total. The molecule has 0 saturated carbocycles. The second-order valence-corrected chi connectivity index (χ2v) is 5.29. The maximum absolute atomic E-state index is 11.3. The standard InChI is InChI=1S/C16H19NO2/c1-19-15-7-6-12(13-9-16(18)17-10-13)8-14(15)11-4-2-3-5-11/h4,6-8,13H,2-3,5,9-10H2,1H3,(H,17,18). The van der Waals surface area contributed by atoms with Crippen molar-refractivity contribution in [3.05, 3.63) is 35.4 Å². The van der Waals surface area contributed by atoms with Gasteiger partial charge < -0.3 is 10.1 Å². The van der Waals surface area contributed by atoms with E-state index in [0.29, 0.717) is 12.3 Å². The molecule has 1 aromatic carbocycles. The Morgan fingerprint density at radius 2 is 2.26 bits per heavy atom. The van der Waals surface area contributed by atoms with Gasteiger partial charge in [-0.05, 0) is 42.5 Å². The number of carbonyl (C=O) groups excluding carboxylic acids is 1. The topological polar surface area (TPSA) is 38.3 Å². The summed E-state index contributed by atoms with van der Waals surface area (Å²) in [5.74, 6) is 1.40. The molecule has 19 heavy (non-hydrogen) atoms. The van der Waals surface area contributed by atoms with Gasteiger partial charge >= 0.3 is 0 Å². The Morgan fingerprint density at radius 1 is 1.37 bits per heavy atom. The predicted octanol–water partition coefficient (Wildman–Crippen LogP) is 2.87. The van der Waals surface area contributed by atoms with Crippen molar-refractivity contribution in [2.24, 2.45) is 0 Å². The molecule has 1 amide bonds. The van der Waals surface area contributed by atoms with E-state index in [-0.39, 0.29) is 5.91 Å². The minimum absolute atomic E-state index is 0.155. The van der Waals surface area contributed by atoms with E-state index >= 15 is 0 Å². The number of benzene rings is 1. The van der Waals surface area contributed by atoms with Crippen molar-refractivity contribution in [3.8, 4) is 5.75 Å². The molecular weight excluding hydrogens is 238 g/mol. The molecule has 1 aromatic rings. The number of amides is 1. The first-order valence-corrected chi connectivity index (χ1v) is 6.92. The van der Waals surface area contributed by atoms with Gasteiger partial charge in [0.25, 0.3) is 0 Å². The van der Waals surface area contributed by atoms with E-state index in [1.807, 2.05) is 6.07 Å². The van der Waals surface area contributed by atoms with Gasteiger partial charge in [0.2, 0.25) is 5.91 Å². The third kappa shape index (κ3) is 2.37. The van der Waals surface area contributed by atoms with Gasteiger partial charge in [0, 0.05) is 24.4 Å². The summed E-state index contributed by atoms with van der Waals surface area (Å²) in [7, 11) is 1.72. The summed E-state index contributed by atoms with van der Waals surface area (Å²) in [4.78, 5) is 11.3. The fourth-order valence-electron chi connectivity index (χ4n) is 2.99. The Labute approximate surface area is 113 Å². The van der Waals surface area contributed by atoms with Gasteiger partial charge in [0.05, 0.1) is 7.11 Å². The Bertz CT molecular complexity index is 534. The zero-order valence-electron chi connectivity index (χ0n) is 11.2. The minimum Gasteiger partial charge on any atom is -0.496 e. The third-order valence-corrected chi connectivity index (χ3v) is 4.06. The molecule has 0 radical (unpaired) electrons. The summed E-state index contributed by atoms with van der Waals surface area (Å²) in [5.41, 5.74) is 3.83. The fraction of sp³-hybridized carbons (Fsp3) is 0.438. The van der Waals surface area contributed by atoms with E-state index in [2.05, 4.69) is 23.5 Å². The summed E-state index contributed by atoms with van der Waals surface area (Å²) in [6, 6.07) is 6.33. The SMILES string of the molecule is COc1ccc(C2CNC(=O)C2)cc1C1=CCCC1. The number of carbonyl (C=O) groups is 1. The molecule has 2 aliphatic rings. The molecule has 0 aromatic heterocycles. The molecule has 1 atom stereocenters. The van der Waals surface area contributed by atoms with Crippen LogP contribution in [0.4, 0.5) is 0 Å². The lowest BCUT2D eigenvalue weighted by Gasteiger charge is -2.14. The number of methoxy groups -OCH3 is 1. The number of hydrogen-bond acceptors (Lipinski definition) is 2. The lowest BCUT2D eigenvalue weighted by molar-refractivity contribution is -0.119. The highest BCUT2D eigenvalue weighted by Crippen LogP contribution is 2.36. The van der Waals surface area contributed by atoms with Crippen molar-refractivity contribution in [1.82, 2.24) is 5.32 Å². The van der Waals surface area contributed by atoms with Crippen LogP contribution in [0.5, 0.6) is 5.75 Å². The zero-order chi connectivity index (χ0) is 13.2. The normalized spacial score (nSPS) is 22.3. The lowest BCUT2D eigenvalue weighted by Crippen LogP contribution is -2.13. The highest BCUT2D eigenvalue weighted by molar-refractivity contribution is 5.80. The van der Waals surface area contributed by atoms with E-state index in [4.69, 9.17) is 4.74 Å². The van der Waals surface area contributed by atoms with Crippen LogP contribution in [0, 0.1) is 0 Å². The van der Waals surface area contributed by atoms with Crippen LogP contribution < -0.4 is 10.1 Å². The van der Waals surface area contributed by atoms with Crippen LogP contribution in [-0.2, 0) is 4.79 Å². The van der Waals surface area contributed by atoms with E-state index < -0.39 is 0 Å². The number of allylic oxidation sites excluding steroid dienone is 2. The summed E-state index contributed by atoms with van der Waals surface area (Å²) >= 11 is 0. The smallest absolute Gasteiger partial charge is 0.220 e. The number of rotatable bonds is 3. The van der Waals surface area contributed by atoms with Crippen LogP contribution in [0.1, 0.15) is 42.7 Å². The monoisotopic (exact) mass is 257 g/mol. The molecular formula is C16H19NO2. The van der Waals surface area contributed by atoms with Crippen LogP contribution in [0.25, 0.3) is 5.57 Å². The molecule has 1 unspecified atom stereocenters. The van der Waals surface area contributed by atoms with Gasteiger partial charge in [-0.1, -0.05) is 12.1 Å². The van der Waals surface area contributed by atoms with Gasteiger partial charge in [-0.3, -0.25) is 4.79 Å². The van der Waals surface area contributed by atoms with Crippen molar-refractivity contribution >= 4 is 11.5 Å². The van der Waals surface area contributed by atoms with E-state index in [9.17, 15) is 4.79 Å². The summed E-state index contributed by atoms with van der Waals surface area (Å²) in [6.07, 6.45) is 6.42. The largest absolute Gasteiger partial charge is 0.496 e. The van der Waals surface area contributed by atoms with Crippen molar-refractivity contribution < 1.29 is 9.53 Å². The van der Waals surface area contributed by atoms with Crippen LogP contribution in [0.15, 0.2) is 24.3 Å². The molecule has 3 heteroatoms. The first-order valence-electron chi connectivity index (χ1n) is 6.92. The van der Waals surface area contributed by atoms with Crippen LogP contribution in [-0.4, -0.2) is 19.6 Å². The molecule has 1 saturated heterocycles. The Morgan fingerprint density at radius 3 is 2.89 bits per heavy atom. The first kappa shape index (κ1) is 12.3. The lowest BCUT2D eigenvalue weighted by atomic mass is 9.93. The fourth-order valence-corrected chi connectivity index (χ4v) is 2.99. The Kier molecular flexibility index (Phi) is 3.28. The summed E-state index contributed by atoms with van der Waals surface area (Å²) < 4.78 is 5.47. The van der Waals surface area contributed by atoms with Gasteiger partial charge in [-0.2, -0.15) is 0 Å². The molecule has 3 rings (SSSR count). The van der Waals surface area contributed by atoms with Crippen molar-refractivity contribution in [2.45, 2.75) is 31.6 Å². The highest BCUT2D eigenvalue weighted by Gasteiger charge is 2.24. The maximum Gasteiger partial charge on any atom is 0.220 e. The molecule has 100 valence electrons. The number of hydrogen-bond donors (Lipinski definition) is 1. The van der Waals surface area contributed by atoms with Gasteiger partial charge in [-0.25, -0.2) is 0 Å². The Hall–Kier alpha value is -1.77. The average Bonchev–Trinajstić information content (AvgIpc) is 3.09. The van der Waals surface area contributed by atoms with Crippen molar-refractivity contribution in [3.63, 3.8) is 0 Å². The van der Waals surface area contributed by atoms with Crippen molar-refractivity contribution in [1.29, 1.82) is 0 Å². The van der Waals surface area contributed by atoms with Gasteiger partial charge in [0.15, 0.2) is 0 Å². The van der Waals surface area contributed by atoms with Crippen LogP contribution in [0.2, 0.25) is 0 Å². The second kappa shape index (κ2) is 5.08. The molecule has 1 aliphatic heterocycles. The molecule has 0 spiro atoms. The predicted molar refractivity (Wildman–Crippen MR) is 75.2 cm³/mol. The van der Waals surface area contributed by atoms with E-state index in [1.54, 1.807) is 7.11 Å². The van der Waals surface area contributed by atoms with Gasteiger partial charge in [0.1, 0.15) is 5.75 Å². The molecule has 0 bridgehead atoms. The van der Waals surface area contributed by atoms with Crippen molar-refractivity contribution in [2.75, 3.05) is 13.7 Å². The average molecular weight is 257 g/mol. The third-order valence-electron chi connectivity index (χ3n) is 4.06. The summed E-state index contributed by atoms with van der Waals surface area (Å²) in [6.45, 7) is 0.754. The molecule has 3 nitrogen and oxygen atoms in total. The van der Waals surface area contributed by atoms with E-state index in [1.165, 1.54) is 23.1 Å². The minimum atomic E-state index is 0.155. The second-order valence-electron chi connectivity index (χ2n) is 5.29. The number of ether oxygens (including phenoxy) is 1. The zero-order valence-corrected chi connectivity index (χ0v) is 11.2. The van der Waals surface area contributed by atoms with Crippen LogP contribution in [0.3, 0.4) is 0 Å². The van der Waals surface area contributed by atoms with Gasteiger partial charge in [-0.15, -0.1) is 0 Å². The summed E-state index contributed by atoms with van der Waals surface area (Å²) in [5, 5.41) is 2.90. The molecule has 1 fully saturated rings. The van der Waals surface area contributed by atoms with E-state index in [0.717, 1.165) is 25.1 Å². The van der Waals surface area contributed by atoms with Crippen LogP contribution >= 0.6 is 0 Å². The first-order chi connectivity index (χ1) is 9.28.